The Morgan fingerprint density at radius 2 is 2.45 bits per heavy atom. The maximum absolute atomic E-state index is 11.0. The Morgan fingerprint density at radius 1 is 1.73 bits per heavy atom. The molecule has 1 rings (SSSR count). The molecule has 11 heavy (non-hydrogen) atoms. The Hall–Kier alpha value is -0.280. The summed E-state index contributed by atoms with van der Waals surface area (Å²) in [6.45, 7) is 1.19. The predicted molar refractivity (Wildman–Crippen MR) is 42.5 cm³/mol. The van der Waals surface area contributed by atoms with E-state index in [0.717, 1.165) is 19.4 Å². The Balaban J connectivity index is 2.39. The number of hydrogen-bond acceptors (Lipinski definition) is 2. The number of aliphatic hydroxyl groups is 1. The summed E-state index contributed by atoms with van der Waals surface area (Å²) in [6.07, 6.45) is 1.33. The molecule has 0 unspecified atom stereocenters. The maximum Gasteiger partial charge on any atom is 0.237 e. The average Bonchev–Trinajstić information content (AvgIpc) is 2.03. The predicted octanol–water partition coefficient (Wildman–Crippen LogP) is 0.208. The number of nitrogens with zero attached hydrogens (tertiary/aromatic N) is 1. The Bertz CT molecular complexity index is 151. The van der Waals surface area contributed by atoms with Gasteiger partial charge in [0.1, 0.15) is 5.88 Å². The number of aliphatic hydroxyl groups excluding tert-OH is 1. The Labute approximate surface area is 70.9 Å². The number of amides is 1. The third kappa shape index (κ3) is 2.34. The van der Waals surface area contributed by atoms with E-state index in [1.165, 1.54) is 0 Å². The van der Waals surface area contributed by atoms with Gasteiger partial charge in [-0.15, -0.1) is 11.6 Å². The second-order valence-corrected chi connectivity index (χ2v) is 3.04. The zero-order valence-electron chi connectivity index (χ0n) is 6.29. The van der Waals surface area contributed by atoms with E-state index in [2.05, 4.69) is 0 Å². The van der Waals surface area contributed by atoms with Crippen molar-refractivity contribution in [3.05, 3.63) is 0 Å². The van der Waals surface area contributed by atoms with E-state index in [1.807, 2.05) is 0 Å². The highest BCUT2D eigenvalue weighted by atomic mass is 35.5. The van der Waals surface area contributed by atoms with Gasteiger partial charge in [0.05, 0.1) is 6.10 Å². The Kier molecular flexibility index (Phi) is 3.15. The fourth-order valence-electron chi connectivity index (χ4n) is 1.27. The number of rotatable bonds is 1. The van der Waals surface area contributed by atoms with E-state index in [4.69, 9.17) is 11.6 Å². The molecule has 0 aromatic heterocycles. The van der Waals surface area contributed by atoms with Gasteiger partial charge in [0, 0.05) is 13.1 Å². The molecule has 64 valence electrons. The van der Waals surface area contributed by atoms with Crippen molar-refractivity contribution >= 4 is 17.5 Å². The van der Waals surface area contributed by atoms with Crippen molar-refractivity contribution in [2.24, 2.45) is 0 Å². The molecule has 1 fully saturated rings. The quantitative estimate of drug-likeness (QED) is 0.582. The molecule has 1 amide bonds. The lowest BCUT2D eigenvalue weighted by Gasteiger charge is -2.29. The first kappa shape index (κ1) is 8.81. The van der Waals surface area contributed by atoms with Crippen LogP contribution in [0, 0.1) is 0 Å². The molecule has 1 saturated heterocycles. The van der Waals surface area contributed by atoms with Crippen molar-refractivity contribution in [3.8, 4) is 0 Å². The normalized spacial score (nSPS) is 25.3. The number of hydrogen-bond donors (Lipinski definition) is 1. The number of piperidine rings is 1. The van der Waals surface area contributed by atoms with E-state index in [9.17, 15) is 9.90 Å². The summed E-state index contributed by atoms with van der Waals surface area (Å²) < 4.78 is 0. The molecule has 3 nitrogen and oxygen atoms in total. The van der Waals surface area contributed by atoms with Crippen LogP contribution in [0.5, 0.6) is 0 Å². The summed E-state index contributed by atoms with van der Waals surface area (Å²) in [5, 5.41) is 9.19. The molecule has 0 saturated carbocycles. The lowest BCUT2D eigenvalue weighted by molar-refractivity contribution is -0.131. The molecule has 1 atom stereocenters. The SMILES string of the molecule is O=C(CCl)N1CCC[C@H](O)C1. The van der Waals surface area contributed by atoms with Gasteiger partial charge in [-0.1, -0.05) is 0 Å². The molecule has 0 aliphatic carbocycles. The van der Waals surface area contributed by atoms with E-state index < -0.39 is 0 Å². The lowest BCUT2D eigenvalue weighted by Crippen LogP contribution is -2.42. The largest absolute Gasteiger partial charge is 0.391 e. The van der Waals surface area contributed by atoms with Gasteiger partial charge in [-0.3, -0.25) is 4.79 Å². The summed E-state index contributed by atoms with van der Waals surface area (Å²) in [4.78, 5) is 12.6. The van der Waals surface area contributed by atoms with Crippen LogP contribution >= 0.6 is 11.6 Å². The third-order valence-corrected chi connectivity index (χ3v) is 2.09. The minimum Gasteiger partial charge on any atom is -0.391 e. The molecular weight excluding hydrogens is 166 g/mol. The fraction of sp³-hybridized carbons (Fsp3) is 0.857. The summed E-state index contributed by atoms with van der Waals surface area (Å²) in [6, 6.07) is 0. The number of carbonyl (C=O) groups excluding carboxylic acids is 1. The number of halogens is 1. The molecule has 0 radical (unpaired) electrons. The van der Waals surface area contributed by atoms with Crippen molar-refractivity contribution in [2.75, 3.05) is 19.0 Å². The van der Waals surface area contributed by atoms with Crippen LogP contribution in [0.15, 0.2) is 0 Å². The van der Waals surface area contributed by atoms with Crippen molar-refractivity contribution < 1.29 is 9.90 Å². The van der Waals surface area contributed by atoms with Gasteiger partial charge in [-0.25, -0.2) is 0 Å². The molecule has 1 N–H and O–H groups in total. The molecule has 0 bridgehead atoms. The fourth-order valence-corrected chi connectivity index (χ4v) is 1.43. The number of carbonyl (C=O) groups is 1. The van der Waals surface area contributed by atoms with Crippen LogP contribution in [0.1, 0.15) is 12.8 Å². The van der Waals surface area contributed by atoms with Crippen LogP contribution in [-0.4, -0.2) is 41.0 Å². The van der Waals surface area contributed by atoms with Crippen molar-refractivity contribution in [3.63, 3.8) is 0 Å². The van der Waals surface area contributed by atoms with Crippen LogP contribution in [0.25, 0.3) is 0 Å². The van der Waals surface area contributed by atoms with Gasteiger partial charge in [-0.2, -0.15) is 0 Å². The number of alkyl halides is 1. The standard InChI is InChI=1S/C7H12ClNO2/c8-4-7(11)9-3-1-2-6(10)5-9/h6,10H,1-5H2/t6-/m0/s1. The lowest BCUT2D eigenvalue weighted by atomic mass is 10.1. The molecule has 4 heteroatoms. The van der Waals surface area contributed by atoms with Crippen molar-refractivity contribution in [2.45, 2.75) is 18.9 Å². The molecule has 1 heterocycles. The summed E-state index contributed by atoms with van der Waals surface area (Å²) in [7, 11) is 0. The molecule has 0 aromatic rings. The van der Waals surface area contributed by atoms with E-state index >= 15 is 0 Å². The maximum atomic E-state index is 11.0. The zero-order chi connectivity index (χ0) is 8.27. The second kappa shape index (κ2) is 3.93. The van der Waals surface area contributed by atoms with E-state index in [1.54, 1.807) is 4.90 Å². The summed E-state index contributed by atoms with van der Waals surface area (Å²) in [5.74, 6) is -0.0578. The minimum atomic E-state index is -0.351. The monoisotopic (exact) mass is 177 g/mol. The van der Waals surface area contributed by atoms with Gasteiger partial charge in [0.25, 0.3) is 0 Å². The smallest absolute Gasteiger partial charge is 0.237 e. The van der Waals surface area contributed by atoms with E-state index in [-0.39, 0.29) is 17.9 Å². The second-order valence-electron chi connectivity index (χ2n) is 2.77. The first-order valence-electron chi connectivity index (χ1n) is 3.76. The van der Waals surface area contributed by atoms with Crippen LogP contribution in [0.4, 0.5) is 0 Å². The molecule has 0 spiro atoms. The van der Waals surface area contributed by atoms with Gasteiger partial charge >= 0.3 is 0 Å². The van der Waals surface area contributed by atoms with Gasteiger partial charge in [0.2, 0.25) is 5.91 Å². The van der Waals surface area contributed by atoms with Gasteiger partial charge in [-0.05, 0) is 12.8 Å². The van der Waals surface area contributed by atoms with E-state index in [0.29, 0.717) is 6.54 Å². The first-order valence-corrected chi connectivity index (χ1v) is 4.29. The van der Waals surface area contributed by atoms with Crippen LogP contribution < -0.4 is 0 Å². The van der Waals surface area contributed by atoms with Gasteiger partial charge in [0.15, 0.2) is 0 Å². The highest BCUT2D eigenvalue weighted by Crippen LogP contribution is 2.09. The zero-order valence-corrected chi connectivity index (χ0v) is 7.05. The number of likely N-dealkylation sites (tertiary alicyclic amines) is 1. The topological polar surface area (TPSA) is 40.5 Å². The highest BCUT2D eigenvalue weighted by molar-refractivity contribution is 6.27. The highest BCUT2D eigenvalue weighted by Gasteiger charge is 2.20. The van der Waals surface area contributed by atoms with Crippen LogP contribution in [-0.2, 0) is 4.79 Å². The van der Waals surface area contributed by atoms with Crippen molar-refractivity contribution in [1.82, 2.24) is 4.90 Å². The summed E-state index contributed by atoms with van der Waals surface area (Å²) in [5.41, 5.74) is 0. The molecular formula is C7H12ClNO2. The third-order valence-electron chi connectivity index (χ3n) is 1.86. The summed E-state index contributed by atoms with van der Waals surface area (Å²) >= 11 is 5.36. The molecule has 1 aliphatic rings. The average molecular weight is 178 g/mol. The molecule has 0 aromatic carbocycles. The van der Waals surface area contributed by atoms with Crippen molar-refractivity contribution in [1.29, 1.82) is 0 Å². The minimum absolute atomic E-state index is 0.0206. The van der Waals surface area contributed by atoms with Crippen LogP contribution in [0.3, 0.4) is 0 Å². The Morgan fingerprint density at radius 3 is 3.00 bits per heavy atom. The van der Waals surface area contributed by atoms with Gasteiger partial charge < -0.3 is 10.0 Å². The first-order chi connectivity index (χ1) is 5.24. The van der Waals surface area contributed by atoms with Crippen LogP contribution in [0.2, 0.25) is 0 Å². The number of β-amino-alcohol motifs (C(OH)–C–C–N with tert-alkyl or cyclic N) is 1. The molecule has 1 aliphatic heterocycles.